The molecule has 1 aliphatic carbocycles. The lowest BCUT2D eigenvalue weighted by atomic mass is 10.0. The second kappa shape index (κ2) is 8.39. The van der Waals surface area contributed by atoms with Gasteiger partial charge in [0.15, 0.2) is 0 Å². The maximum Gasteiger partial charge on any atom is 0.137 e. The third-order valence-corrected chi connectivity index (χ3v) is 5.22. The van der Waals surface area contributed by atoms with Crippen LogP contribution in [0.25, 0.3) is 22.3 Å². The zero-order valence-electron chi connectivity index (χ0n) is 18.5. The molecule has 0 saturated heterocycles. The summed E-state index contributed by atoms with van der Waals surface area (Å²) in [5, 5.41) is 0. The molecule has 0 unspecified atom stereocenters. The van der Waals surface area contributed by atoms with Crippen molar-refractivity contribution in [1.82, 2.24) is 9.38 Å². The first-order valence-electron chi connectivity index (χ1n) is 10.7. The molecule has 0 N–H and O–H groups in total. The van der Waals surface area contributed by atoms with E-state index in [2.05, 4.69) is 66.7 Å². The fourth-order valence-electron chi connectivity index (χ4n) is 3.88. The number of imidazole rings is 1. The first-order chi connectivity index (χ1) is 14.4. The maximum atomic E-state index is 5.85. The second-order valence-electron chi connectivity index (χ2n) is 8.42. The topological polar surface area (TPSA) is 35.8 Å². The molecule has 4 heteroatoms. The number of benzene rings is 1. The van der Waals surface area contributed by atoms with Gasteiger partial charge in [-0.25, -0.2) is 4.98 Å². The number of allylic oxidation sites excluding steroid dienone is 4. The lowest BCUT2D eigenvalue weighted by molar-refractivity contribution is 0.140. The highest BCUT2D eigenvalue weighted by Crippen LogP contribution is 2.31. The minimum Gasteiger partial charge on any atom is -0.495 e. The summed E-state index contributed by atoms with van der Waals surface area (Å²) in [6.45, 7) is 10.4. The average molecular weight is 403 g/mol. The molecule has 156 valence electrons. The summed E-state index contributed by atoms with van der Waals surface area (Å²) in [5.41, 5.74) is 6.99. The van der Waals surface area contributed by atoms with Gasteiger partial charge in [0.1, 0.15) is 11.4 Å². The molecule has 3 aromatic rings. The minimum absolute atomic E-state index is 0.173. The van der Waals surface area contributed by atoms with Gasteiger partial charge < -0.3 is 9.47 Å². The molecule has 30 heavy (non-hydrogen) atoms. The normalized spacial score (nSPS) is 14.2. The van der Waals surface area contributed by atoms with Gasteiger partial charge in [0.2, 0.25) is 0 Å². The van der Waals surface area contributed by atoms with Gasteiger partial charge in [0.05, 0.1) is 29.9 Å². The van der Waals surface area contributed by atoms with Crippen LogP contribution >= 0.6 is 0 Å². The Morgan fingerprint density at radius 1 is 0.933 bits per heavy atom. The van der Waals surface area contributed by atoms with Gasteiger partial charge in [0, 0.05) is 18.2 Å². The smallest absolute Gasteiger partial charge is 0.137 e. The Hall–Kier alpha value is -3.01. The fourth-order valence-corrected chi connectivity index (χ4v) is 3.88. The quantitative estimate of drug-likeness (QED) is 0.467. The predicted octanol–water partition coefficient (Wildman–Crippen LogP) is 6.58. The molecule has 2 aromatic heterocycles. The molecule has 0 spiro atoms. The van der Waals surface area contributed by atoms with Crippen LogP contribution in [0.1, 0.15) is 51.8 Å². The standard InChI is InChI=1S/C26H30N2O2/c1-17(2)29-22-10-6-20(7-11-22)24-16-28-25(15-27-26(28)14-19(24)5)21-8-12-23(13-9-21)30-18(3)4/h6-8,10-12,14-18H,9,13H2,1-5H3. The molecule has 0 bridgehead atoms. The van der Waals surface area contributed by atoms with E-state index in [4.69, 9.17) is 9.47 Å². The van der Waals surface area contributed by atoms with E-state index in [0.717, 1.165) is 35.7 Å². The van der Waals surface area contributed by atoms with E-state index in [1.807, 2.05) is 32.2 Å². The van der Waals surface area contributed by atoms with Crippen molar-refractivity contribution in [2.24, 2.45) is 0 Å². The molecule has 0 amide bonds. The molecule has 0 fully saturated rings. The minimum atomic E-state index is 0.173. The number of aromatic nitrogens is 2. The third kappa shape index (κ3) is 4.28. The predicted molar refractivity (Wildman–Crippen MR) is 123 cm³/mol. The van der Waals surface area contributed by atoms with Gasteiger partial charge >= 0.3 is 0 Å². The van der Waals surface area contributed by atoms with Gasteiger partial charge in [-0.1, -0.05) is 18.2 Å². The van der Waals surface area contributed by atoms with Gasteiger partial charge in [-0.2, -0.15) is 0 Å². The molecule has 4 nitrogen and oxygen atoms in total. The number of pyridine rings is 1. The highest BCUT2D eigenvalue weighted by molar-refractivity contribution is 5.73. The molecule has 1 aromatic carbocycles. The van der Waals surface area contributed by atoms with E-state index in [1.165, 1.54) is 22.3 Å². The van der Waals surface area contributed by atoms with Crippen LogP contribution in [-0.4, -0.2) is 21.6 Å². The van der Waals surface area contributed by atoms with Gasteiger partial charge in [0.25, 0.3) is 0 Å². The number of hydrogen-bond acceptors (Lipinski definition) is 3. The number of ether oxygens (including phenoxy) is 2. The second-order valence-corrected chi connectivity index (χ2v) is 8.42. The zero-order chi connectivity index (χ0) is 21.3. The van der Waals surface area contributed by atoms with Crippen molar-refractivity contribution < 1.29 is 9.47 Å². The van der Waals surface area contributed by atoms with Crippen LogP contribution in [0.5, 0.6) is 5.75 Å². The number of hydrogen-bond donors (Lipinski definition) is 0. The van der Waals surface area contributed by atoms with Crippen LogP contribution in [0.15, 0.2) is 60.6 Å². The van der Waals surface area contributed by atoms with Gasteiger partial charge in [-0.15, -0.1) is 0 Å². The van der Waals surface area contributed by atoms with Crippen LogP contribution < -0.4 is 4.74 Å². The zero-order valence-corrected chi connectivity index (χ0v) is 18.5. The van der Waals surface area contributed by atoms with E-state index in [0.29, 0.717) is 0 Å². The van der Waals surface area contributed by atoms with Crippen molar-refractivity contribution in [2.75, 3.05) is 0 Å². The third-order valence-electron chi connectivity index (χ3n) is 5.22. The molecule has 0 aliphatic heterocycles. The van der Waals surface area contributed by atoms with Crippen LogP contribution in [0, 0.1) is 6.92 Å². The highest BCUT2D eigenvalue weighted by atomic mass is 16.5. The SMILES string of the molecule is Cc1cc2ncc(C3=CC=C(OC(C)C)CC3)n2cc1-c1ccc(OC(C)C)cc1. The van der Waals surface area contributed by atoms with Crippen molar-refractivity contribution >= 4 is 11.2 Å². The first kappa shape index (κ1) is 20.3. The molecule has 2 heterocycles. The molecule has 4 rings (SSSR count). The van der Waals surface area contributed by atoms with E-state index < -0.39 is 0 Å². The Morgan fingerprint density at radius 3 is 2.30 bits per heavy atom. The molecular formula is C26H30N2O2. The van der Waals surface area contributed by atoms with Crippen molar-refractivity contribution in [1.29, 1.82) is 0 Å². The van der Waals surface area contributed by atoms with Crippen LogP contribution in [0.2, 0.25) is 0 Å². The van der Waals surface area contributed by atoms with Gasteiger partial charge in [-0.3, -0.25) is 4.40 Å². The lowest BCUT2D eigenvalue weighted by Crippen LogP contribution is -2.05. The van der Waals surface area contributed by atoms with Crippen LogP contribution in [-0.2, 0) is 4.74 Å². The van der Waals surface area contributed by atoms with Gasteiger partial charge in [-0.05, 0) is 82.0 Å². The van der Waals surface area contributed by atoms with Crippen molar-refractivity contribution in [3.05, 3.63) is 71.9 Å². The monoisotopic (exact) mass is 402 g/mol. The number of nitrogens with zero attached hydrogens (tertiary/aromatic N) is 2. The lowest BCUT2D eigenvalue weighted by Gasteiger charge is -2.18. The molecule has 1 aliphatic rings. The maximum absolute atomic E-state index is 5.85. The summed E-state index contributed by atoms with van der Waals surface area (Å²) in [6.07, 6.45) is 10.7. The summed E-state index contributed by atoms with van der Waals surface area (Å²) < 4.78 is 13.8. The Balaban J connectivity index is 1.68. The molecule has 0 atom stereocenters. The van der Waals surface area contributed by atoms with Crippen molar-refractivity contribution in [3.8, 4) is 16.9 Å². The number of rotatable bonds is 6. The Labute approximate surface area is 178 Å². The Morgan fingerprint density at radius 2 is 1.67 bits per heavy atom. The van der Waals surface area contributed by atoms with E-state index in [1.54, 1.807) is 0 Å². The van der Waals surface area contributed by atoms with Crippen LogP contribution in [0.4, 0.5) is 0 Å². The number of aryl methyl sites for hydroxylation is 1. The largest absolute Gasteiger partial charge is 0.495 e. The summed E-state index contributed by atoms with van der Waals surface area (Å²) in [5.74, 6) is 1.96. The summed E-state index contributed by atoms with van der Waals surface area (Å²) in [4.78, 5) is 4.65. The van der Waals surface area contributed by atoms with E-state index >= 15 is 0 Å². The molecule has 0 saturated carbocycles. The summed E-state index contributed by atoms with van der Waals surface area (Å²) >= 11 is 0. The van der Waals surface area contributed by atoms with Crippen LogP contribution in [0.3, 0.4) is 0 Å². The van der Waals surface area contributed by atoms with Crippen molar-refractivity contribution in [2.45, 2.75) is 59.7 Å². The first-order valence-corrected chi connectivity index (χ1v) is 10.7. The van der Waals surface area contributed by atoms with E-state index in [9.17, 15) is 0 Å². The number of fused-ring (bicyclic) bond motifs is 1. The Bertz CT molecular complexity index is 1100. The summed E-state index contributed by atoms with van der Waals surface area (Å²) in [7, 11) is 0. The Kier molecular flexibility index (Phi) is 5.67. The highest BCUT2D eigenvalue weighted by Gasteiger charge is 2.15. The fraction of sp³-hybridized carbons (Fsp3) is 0.346. The molecular weight excluding hydrogens is 372 g/mol. The van der Waals surface area contributed by atoms with E-state index in [-0.39, 0.29) is 12.2 Å². The van der Waals surface area contributed by atoms with Crippen molar-refractivity contribution in [3.63, 3.8) is 0 Å². The average Bonchev–Trinajstić information content (AvgIpc) is 3.10. The molecule has 0 radical (unpaired) electrons. The summed E-state index contributed by atoms with van der Waals surface area (Å²) in [6, 6.07) is 10.5.